The number of carbonyl (C=O) groups is 1. The normalized spacial score (nSPS) is 17.5. The number of thiazole rings is 1. The third-order valence-corrected chi connectivity index (χ3v) is 8.61. The number of rotatable bonds is 7. The summed E-state index contributed by atoms with van der Waals surface area (Å²) >= 11 is 1.40. The minimum Gasteiger partial charge on any atom is -0.497 e. The Morgan fingerprint density at radius 3 is 2.55 bits per heavy atom. The fraction of sp³-hybridized carbons (Fsp3) is 0.391. The van der Waals surface area contributed by atoms with E-state index in [4.69, 9.17) is 9.47 Å². The quantitative estimate of drug-likeness (QED) is 0.507. The molecule has 1 amide bonds. The van der Waals surface area contributed by atoms with E-state index in [1.807, 2.05) is 36.6 Å². The SMILES string of the molecule is CCOc1ccc2c(c1)sc(=NC(=O)C1CCCN1S(=O)(=O)c1ccc(OC)cc1)n2CC. The monoisotopic (exact) mass is 489 g/mol. The predicted octanol–water partition coefficient (Wildman–Crippen LogP) is 3.41. The first-order chi connectivity index (χ1) is 15.9. The molecule has 3 aromatic rings. The molecule has 8 nitrogen and oxygen atoms in total. The van der Waals surface area contributed by atoms with Crippen molar-refractivity contribution in [2.45, 2.75) is 44.2 Å². The van der Waals surface area contributed by atoms with Crippen LogP contribution in [-0.2, 0) is 21.4 Å². The zero-order chi connectivity index (χ0) is 23.6. The van der Waals surface area contributed by atoms with E-state index in [9.17, 15) is 13.2 Å². The third-order valence-electron chi connectivity index (χ3n) is 5.64. The summed E-state index contributed by atoms with van der Waals surface area (Å²) in [5, 5.41) is 0. The summed E-state index contributed by atoms with van der Waals surface area (Å²) in [6.45, 7) is 5.41. The molecule has 0 radical (unpaired) electrons. The van der Waals surface area contributed by atoms with Gasteiger partial charge in [-0.3, -0.25) is 4.79 Å². The summed E-state index contributed by atoms with van der Waals surface area (Å²) in [6, 6.07) is 11.2. The zero-order valence-corrected chi connectivity index (χ0v) is 20.5. The highest BCUT2D eigenvalue weighted by Gasteiger charge is 2.39. The minimum atomic E-state index is -3.83. The average Bonchev–Trinajstić information content (AvgIpc) is 3.44. The van der Waals surface area contributed by atoms with Crippen LogP contribution in [0.5, 0.6) is 11.5 Å². The van der Waals surface area contributed by atoms with Crippen molar-refractivity contribution in [3.8, 4) is 11.5 Å². The molecular weight excluding hydrogens is 462 g/mol. The maximum Gasteiger partial charge on any atom is 0.266 e. The van der Waals surface area contributed by atoms with Gasteiger partial charge in [0.2, 0.25) is 10.0 Å². The Bertz CT molecular complexity index is 1330. The van der Waals surface area contributed by atoms with Crippen molar-refractivity contribution in [2.24, 2.45) is 4.99 Å². The molecule has 2 aromatic carbocycles. The number of fused-ring (bicyclic) bond motifs is 1. The van der Waals surface area contributed by atoms with E-state index in [-0.39, 0.29) is 11.4 Å². The van der Waals surface area contributed by atoms with Gasteiger partial charge in [-0.25, -0.2) is 8.42 Å². The molecule has 33 heavy (non-hydrogen) atoms. The molecule has 1 aromatic heterocycles. The molecule has 1 saturated heterocycles. The van der Waals surface area contributed by atoms with Crippen LogP contribution < -0.4 is 14.3 Å². The van der Waals surface area contributed by atoms with Crippen LogP contribution in [0, 0.1) is 0 Å². The molecule has 0 aliphatic carbocycles. The van der Waals surface area contributed by atoms with Crippen molar-refractivity contribution in [1.29, 1.82) is 0 Å². The topological polar surface area (TPSA) is 90.2 Å². The van der Waals surface area contributed by atoms with Gasteiger partial charge in [0.25, 0.3) is 5.91 Å². The highest BCUT2D eigenvalue weighted by Crippen LogP contribution is 2.28. The minimum absolute atomic E-state index is 0.136. The number of aromatic nitrogens is 1. The van der Waals surface area contributed by atoms with Gasteiger partial charge in [0.1, 0.15) is 17.5 Å². The largest absolute Gasteiger partial charge is 0.497 e. The first kappa shape index (κ1) is 23.5. The number of benzene rings is 2. The summed E-state index contributed by atoms with van der Waals surface area (Å²) in [4.78, 5) is 18.3. The number of nitrogens with zero attached hydrogens (tertiary/aromatic N) is 3. The molecular formula is C23H27N3O5S2. The van der Waals surface area contributed by atoms with Crippen molar-refractivity contribution in [3.05, 3.63) is 47.3 Å². The van der Waals surface area contributed by atoms with Gasteiger partial charge in [-0.15, -0.1) is 0 Å². The van der Waals surface area contributed by atoms with Gasteiger partial charge in [-0.05, 0) is 69.2 Å². The second kappa shape index (κ2) is 9.66. The van der Waals surface area contributed by atoms with Gasteiger partial charge in [0.05, 0.1) is 28.8 Å². The van der Waals surface area contributed by atoms with Gasteiger partial charge in [0.15, 0.2) is 4.80 Å². The van der Waals surface area contributed by atoms with E-state index in [0.29, 0.717) is 36.5 Å². The number of hydrogen-bond donors (Lipinski definition) is 0. The van der Waals surface area contributed by atoms with E-state index >= 15 is 0 Å². The first-order valence-corrected chi connectivity index (χ1v) is 13.1. The number of hydrogen-bond acceptors (Lipinski definition) is 6. The van der Waals surface area contributed by atoms with Crippen LogP contribution in [0.2, 0.25) is 0 Å². The molecule has 10 heteroatoms. The second-order valence-electron chi connectivity index (χ2n) is 7.59. The highest BCUT2D eigenvalue weighted by atomic mass is 32.2. The molecule has 2 heterocycles. The summed E-state index contributed by atoms with van der Waals surface area (Å²) < 4.78 is 41.4. The molecule has 1 atom stereocenters. The van der Waals surface area contributed by atoms with E-state index in [0.717, 1.165) is 16.0 Å². The lowest BCUT2D eigenvalue weighted by Crippen LogP contribution is -2.40. The average molecular weight is 490 g/mol. The number of aryl methyl sites for hydroxylation is 1. The second-order valence-corrected chi connectivity index (χ2v) is 10.5. The van der Waals surface area contributed by atoms with Gasteiger partial charge in [0, 0.05) is 13.1 Å². The number of sulfonamides is 1. The number of carbonyl (C=O) groups excluding carboxylic acids is 1. The van der Waals surface area contributed by atoms with E-state index in [1.165, 1.54) is 34.9 Å². The molecule has 1 aliphatic heterocycles. The Balaban J connectivity index is 1.67. The van der Waals surface area contributed by atoms with Crippen LogP contribution in [0.25, 0.3) is 10.2 Å². The van der Waals surface area contributed by atoms with Crippen molar-refractivity contribution < 1.29 is 22.7 Å². The van der Waals surface area contributed by atoms with Crippen LogP contribution >= 0.6 is 11.3 Å². The summed E-state index contributed by atoms with van der Waals surface area (Å²) in [7, 11) is -2.30. The Morgan fingerprint density at radius 2 is 1.88 bits per heavy atom. The Hall–Kier alpha value is -2.69. The van der Waals surface area contributed by atoms with Gasteiger partial charge in [-0.2, -0.15) is 9.30 Å². The van der Waals surface area contributed by atoms with E-state index < -0.39 is 22.0 Å². The van der Waals surface area contributed by atoms with Crippen LogP contribution in [0.3, 0.4) is 0 Å². The lowest BCUT2D eigenvalue weighted by molar-refractivity contribution is -0.121. The summed E-state index contributed by atoms with van der Waals surface area (Å²) in [6.07, 6.45) is 1.06. The van der Waals surface area contributed by atoms with Gasteiger partial charge >= 0.3 is 0 Å². The lowest BCUT2D eigenvalue weighted by atomic mass is 10.2. The molecule has 1 fully saturated rings. The number of ether oxygens (including phenoxy) is 2. The van der Waals surface area contributed by atoms with Crippen LogP contribution in [0.4, 0.5) is 0 Å². The fourth-order valence-electron chi connectivity index (χ4n) is 4.03. The smallest absolute Gasteiger partial charge is 0.266 e. The Labute approximate surface area is 197 Å². The fourth-order valence-corrected chi connectivity index (χ4v) is 6.81. The highest BCUT2D eigenvalue weighted by molar-refractivity contribution is 7.89. The Morgan fingerprint density at radius 1 is 1.15 bits per heavy atom. The molecule has 0 saturated carbocycles. The van der Waals surface area contributed by atoms with Crippen LogP contribution in [-0.4, -0.2) is 49.5 Å². The summed E-state index contributed by atoms with van der Waals surface area (Å²) in [5.74, 6) is 0.891. The van der Waals surface area contributed by atoms with Gasteiger partial charge in [-0.1, -0.05) is 11.3 Å². The number of methoxy groups -OCH3 is 1. The van der Waals surface area contributed by atoms with Gasteiger partial charge < -0.3 is 14.0 Å². The van der Waals surface area contributed by atoms with E-state index in [2.05, 4.69) is 4.99 Å². The molecule has 176 valence electrons. The predicted molar refractivity (Wildman–Crippen MR) is 127 cm³/mol. The lowest BCUT2D eigenvalue weighted by Gasteiger charge is -2.21. The third kappa shape index (κ3) is 4.55. The molecule has 0 spiro atoms. The Kier molecular flexibility index (Phi) is 6.87. The molecule has 1 unspecified atom stereocenters. The van der Waals surface area contributed by atoms with Crippen molar-refractivity contribution in [1.82, 2.24) is 8.87 Å². The van der Waals surface area contributed by atoms with Crippen molar-refractivity contribution >= 4 is 37.5 Å². The first-order valence-electron chi connectivity index (χ1n) is 10.9. The maximum absolute atomic E-state index is 13.2. The van der Waals surface area contributed by atoms with Crippen LogP contribution in [0.15, 0.2) is 52.4 Å². The molecule has 0 bridgehead atoms. The van der Waals surface area contributed by atoms with Crippen molar-refractivity contribution in [2.75, 3.05) is 20.3 Å². The summed E-state index contributed by atoms with van der Waals surface area (Å²) in [5.41, 5.74) is 0.964. The molecule has 1 aliphatic rings. The molecule has 4 rings (SSSR count). The zero-order valence-electron chi connectivity index (χ0n) is 18.9. The van der Waals surface area contributed by atoms with Crippen molar-refractivity contribution in [3.63, 3.8) is 0 Å². The van der Waals surface area contributed by atoms with Crippen LogP contribution in [0.1, 0.15) is 26.7 Å². The molecule has 0 N–H and O–H groups in total. The van der Waals surface area contributed by atoms with E-state index in [1.54, 1.807) is 12.1 Å². The standard InChI is InChI=1S/C23H27N3O5S2/c1-4-25-19-13-10-17(31-5-2)15-21(19)32-23(25)24-22(27)20-7-6-14-26(20)33(28,29)18-11-8-16(30-3)9-12-18/h8-13,15,20H,4-7,14H2,1-3H3. The number of amides is 1. The maximum atomic E-state index is 13.2.